The number of benzene rings is 1. The molecule has 1 aromatic heterocycles. The van der Waals surface area contributed by atoms with E-state index in [2.05, 4.69) is 54.7 Å². The van der Waals surface area contributed by atoms with Gasteiger partial charge in [-0.05, 0) is 17.9 Å². The molecule has 2 aromatic rings. The number of rotatable bonds is 6. The van der Waals surface area contributed by atoms with Crippen molar-refractivity contribution in [2.24, 2.45) is 5.92 Å². The first kappa shape index (κ1) is 12.7. The van der Waals surface area contributed by atoms with E-state index in [0.717, 1.165) is 24.7 Å². The summed E-state index contributed by atoms with van der Waals surface area (Å²) in [6.07, 6.45) is 5.14. The highest BCUT2D eigenvalue weighted by molar-refractivity contribution is 5.38. The van der Waals surface area contributed by atoms with Crippen LogP contribution in [0.3, 0.4) is 0 Å². The van der Waals surface area contributed by atoms with Gasteiger partial charge in [-0.3, -0.25) is 4.68 Å². The second-order valence-electron chi connectivity index (χ2n) is 5.02. The smallest absolute Gasteiger partial charge is 0.0726 e. The van der Waals surface area contributed by atoms with Crippen molar-refractivity contribution in [3.8, 4) is 0 Å². The molecule has 1 aromatic carbocycles. The molecule has 0 radical (unpaired) electrons. The van der Waals surface area contributed by atoms with Gasteiger partial charge >= 0.3 is 0 Å². The molecule has 96 valence electrons. The Labute approximate surface area is 109 Å². The van der Waals surface area contributed by atoms with Gasteiger partial charge in [-0.2, -0.15) is 5.10 Å². The molecule has 0 amide bonds. The number of nitrogens with zero attached hydrogens (tertiary/aromatic N) is 2. The fourth-order valence-electron chi connectivity index (χ4n) is 1.82. The lowest BCUT2D eigenvalue weighted by molar-refractivity contribution is 0.607. The van der Waals surface area contributed by atoms with Crippen molar-refractivity contribution in [1.29, 1.82) is 0 Å². The lowest BCUT2D eigenvalue weighted by Gasteiger charge is -2.05. The van der Waals surface area contributed by atoms with Crippen LogP contribution in [-0.4, -0.2) is 16.3 Å². The summed E-state index contributed by atoms with van der Waals surface area (Å²) < 4.78 is 1.97. The summed E-state index contributed by atoms with van der Waals surface area (Å²) in [4.78, 5) is 0. The van der Waals surface area contributed by atoms with Gasteiger partial charge in [0.2, 0.25) is 0 Å². The van der Waals surface area contributed by atoms with Crippen LogP contribution >= 0.6 is 0 Å². The van der Waals surface area contributed by atoms with E-state index in [1.165, 1.54) is 12.0 Å². The fraction of sp³-hybridized carbons (Fsp3) is 0.400. The van der Waals surface area contributed by atoms with Gasteiger partial charge in [0.25, 0.3) is 0 Å². The molecule has 0 bridgehead atoms. The van der Waals surface area contributed by atoms with Crippen LogP contribution < -0.4 is 5.32 Å². The number of hydrogen-bond acceptors (Lipinski definition) is 2. The third-order valence-electron chi connectivity index (χ3n) is 2.87. The van der Waals surface area contributed by atoms with Crippen molar-refractivity contribution in [3.05, 3.63) is 48.3 Å². The van der Waals surface area contributed by atoms with Crippen molar-refractivity contribution in [3.63, 3.8) is 0 Å². The molecule has 2 rings (SSSR count). The fourth-order valence-corrected chi connectivity index (χ4v) is 1.82. The Morgan fingerprint density at radius 1 is 1.22 bits per heavy atom. The molecule has 3 nitrogen and oxygen atoms in total. The molecule has 0 aliphatic heterocycles. The van der Waals surface area contributed by atoms with Gasteiger partial charge in [0.15, 0.2) is 0 Å². The molecule has 0 saturated heterocycles. The molecule has 1 N–H and O–H groups in total. The lowest BCUT2D eigenvalue weighted by Crippen LogP contribution is -2.04. The van der Waals surface area contributed by atoms with Crippen molar-refractivity contribution in [2.75, 3.05) is 11.9 Å². The molecule has 3 heteroatoms. The predicted octanol–water partition coefficient (Wildman–Crippen LogP) is 3.39. The molecule has 18 heavy (non-hydrogen) atoms. The maximum atomic E-state index is 4.36. The largest absolute Gasteiger partial charge is 0.383 e. The van der Waals surface area contributed by atoms with Crippen LogP contribution in [0.15, 0.2) is 42.7 Å². The van der Waals surface area contributed by atoms with E-state index in [0.29, 0.717) is 0 Å². The van der Waals surface area contributed by atoms with Crippen molar-refractivity contribution in [1.82, 2.24) is 9.78 Å². The standard InChI is InChI=1S/C15H21N3/c1-13(2)8-9-16-15-10-17-18(12-15)11-14-6-4-3-5-7-14/h3-7,10,12-13,16H,8-9,11H2,1-2H3. The van der Waals surface area contributed by atoms with E-state index < -0.39 is 0 Å². The second kappa shape index (κ2) is 6.24. The molecule has 0 aliphatic rings. The van der Waals surface area contributed by atoms with E-state index in [1.807, 2.05) is 16.9 Å². The summed E-state index contributed by atoms with van der Waals surface area (Å²) >= 11 is 0. The molecule has 0 fully saturated rings. The Balaban J connectivity index is 1.86. The summed E-state index contributed by atoms with van der Waals surface area (Å²) in [7, 11) is 0. The summed E-state index contributed by atoms with van der Waals surface area (Å²) in [5.74, 6) is 0.733. The van der Waals surface area contributed by atoms with E-state index in [1.54, 1.807) is 0 Å². The van der Waals surface area contributed by atoms with E-state index in [9.17, 15) is 0 Å². The molecule has 1 heterocycles. The van der Waals surface area contributed by atoms with Crippen LogP contribution in [0.2, 0.25) is 0 Å². The van der Waals surface area contributed by atoms with Crippen LogP contribution in [0.4, 0.5) is 5.69 Å². The van der Waals surface area contributed by atoms with Crippen LogP contribution in [-0.2, 0) is 6.54 Å². The minimum Gasteiger partial charge on any atom is -0.383 e. The zero-order chi connectivity index (χ0) is 12.8. The Bertz CT molecular complexity index is 460. The predicted molar refractivity (Wildman–Crippen MR) is 75.7 cm³/mol. The monoisotopic (exact) mass is 243 g/mol. The summed E-state index contributed by atoms with van der Waals surface area (Å²) in [5.41, 5.74) is 2.38. The maximum Gasteiger partial charge on any atom is 0.0726 e. The molecular weight excluding hydrogens is 222 g/mol. The Hall–Kier alpha value is -1.77. The Morgan fingerprint density at radius 3 is 2.72 bits per heavy atom. The van der Waals surface area contributed by atoms with Gasteiger partial charge < -0.3 is 5.32 Å². The Morgan fingerprint density at radius 2 is 2.00 bits per heavy atom. The van der Waals surface area contributed by atoms with Crippen LogP contribution in [0.25, 0.3) is 0 Å². The van der Waals surface area contributed by atoms with Gasteiger partial charge in [-0.15, -0.1) is 0 Å². The maximum absolute atomic E-state index is 4.36. The molecule has 0 unspecified atom stereocenters. The number of nitrogens with one attached hydrogen (secondary N) is 1. The van der Waals surface area contributed by atoms with E-state index in [4.69, 9.17) is 0 Å². The SMILES string of the molecule is CC(C)CCNc1cnn(Cc2ccccc2)c1. The van der Waals surface area contributed by atoms with Crippen LogP contribution in [0, 0.1) is 5.92 Å². The zero-order valence-corrected chi connectivity index (χ0v) is 11.1. The van der Waals surface area contributed by atoms with Gasteiger partial charge in [0, 0.05) is 12.7 Å². The minimum atomic E-state index is 0.733. The van der Waals surface area contributed by atoms with Gasteiger partial charge in [0.1, 0.15) is 0 Å². The lowest BCUT2D eigenvalue weighted by atomic mass is 10.1. The van der Waals surface area contributed by atoms with Crippen LogP contribution in [0.1, 0.15) is 25.8 Å². The van der Waals surface area contributed by atoms with Crippen molar-refractivity contribution >= 4 is 5.69 Å². The summed E-state index contributed by atoms with van der Waals surface area (Å²) in [5, 5.41) is 7.76. The molecular formula is C15H21N3. The quantitative estimate of drug-likeness (QED) is 0.842. The second-order valence-corrected chi connectivity index (χ2v) is 5.02. The third-order valence-corrected chi connectivity index (χ3v) is 2.87. The molecule has 0 atom stereocenters. The summed E-state index contributed by atoms with van der Waals surface area (Å²) in [6, 6.07) is 10.4. The van der Waals surface area contributed by atoms with E-state index >= 15 is 0 Å². The number of aromatic nitrogens is 2. The van der Waals surface area contributed by atoms with E-state index in [-0.39, 0.29) is 0 Å². The third kappa shape index (κ3) is 3.91. The van der Waals surface area contributed by atoms with Gasteiger partial charge in [-0.25, -0.2) is 0 Å². The number of hydrogen-bond donors (Lipinski definition) is 1. The number of anilines is 1. The average Bonchev–Trinajstić information content (AvgIpc) is 2.78. The first-order valence-corrected chi connectivity index (χ1v) is 6.54. The van der Waals surface area contributed by atoms with Gasteiger partial charge in [0.05, 0.1) is 18.4 Å². The normalized spacial score (nSPS) is 10.8. The zero-order valence-electron chi connectivity index (χ0n) is 11.1. The first-order valence-electron chi connectivity index (χ1n) is 6.54. The highest BCUT2D eigenvalue weighted by atomic mass is 15.3. The average molecular weight is 243 g/mol. The highest BCUT2D eigenvalue weighted by Gasteiger charge is 1.99. The minimum absolute atomic E-state index is 0.733. The summed E-state index contributed by atoms with van der Waals surface area (Å²) in [6.45, 7) is 6.31. The highest BCUT2D eigenvalue weighted by Crippen LogP contribution is 2.09. The van der Waals surface area contributed by atoms with Gasteiger partial charge in [-0.1, -0.05) is 44.2 Å². The first-order chi connectivity index (χ1) is 8.74. The van der Waals surface area contributed by atoms with Crippen molar-refractivity contribution < 1.29 is 0 Å². The van der Waals surface area contributed by atoms with Crippen molar-refractivity contribution in [2.45, 2.75) is 26.8 Å². The van der Waals surface area contributed by atoms with Crippen LogP contribution in [0.5, 0.6) is 0 Å². The molecule has 0 saturated carbocycles. The Kier molecular flexibility index (Phi) is 4.40. The molecule has 0 aliphatic carbocycles. The topological polar surface area (TPSA) is 29.9 Å². The molecule has 0 spiro atoms.